The highest BCUT2D eigenvalue weighted by atomic mass is 32.1. The molecule has 0 aliphatic heterocycles. The molecule has 94 valence electrons. The molecule has 0 saturated carbocycles. The predicted octanol–water partition coefficient (Wildman–Crippen LogP) is 3.18. The van der Waals surface area contributed by atoms with Crippen LogP contribution in [-0.2, 0) is 11.2 Å². The number of hydrogen-bond donors (Lipinski definition) is 1. The minimum Gasteiger partial charge on any atom is -0.481 e. The summed E-state index contributed by atoms with van der Waals surface area (Å²) in [5, 5.41) is 9.38. The first kappa shape index (κ1) is 12.6. The second kappa shape index (κ2) is 5.18. The SMILES string of the molecule is Cc1nc(Oc2ccccc2CC(=O)O)sc1C. The van der Waals surface area contributed by atoms with Gasteiger partial charge in [-0.15, -0.1) is 0 Å². The Labute approximate surface area is 109 Å². The Bertz CT molecular complexity index is 558. The van der Waals surface area contributed by atoms with Crippen LogP contribution in [0.4, 0.5) is 0 Å². The van der Waals surface area contributed by atoms with E-state index in [1.54, 1.807) is 18.2 Å². The lowest BCUT2D eigenvalue weighted by Crippen LogP contribution is -2.01. The summed E-state index contributed by atoms with van der Waals surface area (Å²) in [5.74, 6) is -0.328. The maximum absolute atomic E-state index is 10.8. The molecule has 1 aromatic carbocycles. The standard InChI is InChI=1S/C13H13NO3S/c1-8-9(2)18-13(14-8)17-11-6-4-3-5-10(11)7-12(15)16/h3-6H,7H2,1-2H3,(H,15,16). The first-order valence-electron chi connectivity index (χ1n) is 5.48. The minimum atomic E-state index is -0.877. The van der Waals surface area contributed by atoms with Crippen LogP contribution in [0.1, 0.15) is 16.1 Å². The highest BCUT2D eigenvalue weighted by Gasteiger charge is 2.11. The molecule has 5 heteroatoms. The molecule has 0 aliphatic rings. The lowest BCUT2D eigenvalue weighted by Gasteiger charge is -2.06. The van der Waals surface area contributed by atoms with Gasteiger partial charge >= 0.3 is 5.97 Å². The van der Waals surface area contributed by atoms with Crippen LogP contribution in [0, 0.1) is 13.8 Å². The van der Waals surface area contributed by atoms with E-state index in [0.29, 0.717) is 16.5 Å². The Morgan fingerprint density at radius 2 is 2.11 bits per heavy atom. The van der Waals surface area contributed by atoms with Crippen molar-refractivity contribution in [2.75, 3.05) is 0 Å². The van der Waals surface area contributed by atoms with Crippen molar-refractivity contribution in [2.45, 2.75) is 20.3 Å². The maximum atomic E-state index is 10.8. The van der Waals surface area contributed by atoms with Gasteiger partial charge in [-0.3, -0.25) is 4.79 Å². The Hall–Kier alpha value is -1.88. The molecular weight excluding hydrogens is 250 g/mol. The molecule has 2 aromatic rings. The zero-order chi connectivity index (χ0) is 13.1. The van der Waals surface area contributed by atoms with Crippen molar-refractivity contribution in [3.63, 3.8) is 0 Å². The second-order valence-corrected chi connectivity index (χ2v) is 5.07. The molecule has 1 N–H and O–H groups in total. The number of carbonyl (C=O) groups is 1. The molecule has 4 nitrogen and oxygen atoms in total. The Morgan fingerprint density at radius 1 is 1.39 bits per heavy atom. The number of thiazole rings is 1. The van der Waals surface area contributed by atoms with E-state index < -0.39 is 5.97 Å². The Balaban J connectivity index is 2.25. The van der Waals surface area contributed by atoms with Crippen LogP contribution >= 0.6 is 11.3 Å². The number of aryl methyl sites for hydroxylation is 2. The summed E-state index contributed by atoms with van der Waals surface area (Å²) >= 11 is 1.46. The monoisotopic (exact) mass is 263 g/mol. The number of para-hydroxylation sites is 1. The average molecular weight is 263 g/mol. The fraction of sp³-hybridized carbons (Fsp3) is 0.231. The number of carboxylic acids is 1. The fourth-order valence-electron chi connectivity index (χ4n) is 1.49. The summed E-state index contributed by atoms with van der Waals surface area (Å²) in [6, 6.07) is 7.11. The number of rotatable bonds is 4. The van der Waals surface area contributed by atoms with Crippen LogP contribution < -0.4 is 4.74 Å². The molecule has 1 aromatic heterocycles. The summed E-state index contributed by atoms with van der Waals surface area (Å²) in [6.45, 7) is 3.89. The molecule has 2 rings (SSSR count). The first-order chi connectivity index (χ1) is 8.56. The molecule has 0 fully saturated rings. The van der Waals surface area contributed by atoms with Crippen molar-refractivity contribution in [1.82, 2.24) is 4.98 Å². The predicted molar refractivity (Wildman–Crippen MR) is 69.4 cm³/mol. The van der Waals surface area contributed by atoms with Gasteiger partial charge in [0.05, 0.1) is 12.1 Å². The number of ether oxygens (including phenoxy) is 1. The molecule has 18 heavy (non-hydrogen) atoms. The molecule has 0 amide bonds. The summed E-state index contributed by atoms with van der Waals surface area (Å²) in [4.78, 5) is 16.1. The molecule has 0 saturated heterocycles. The summed E-state index contributed by atoms with van der Waals surface area (Å²) in [6.07, 6.45) is -0.0560. The summed E-state index contributed by atoms with van der Waals surface area (Å²) < 4.78 is 5.66. The van der Waals surface area contributed by atoms with Crippen LogP contribution in [0.15, 0.2) is 24.3 Å². The van der Waals surface area contributed by atoms with Gasteiger partial charge in [0.1, 0.15) is 5.75 Å². The lowest BCUT2D eigenvalue weighted by atomic mass is 10.1. The van der Waals surface area contributed by atoms with Gasteiger partial charge in [0.25, 0.3) is 5.19 Å². The van der Waals surface area contributed by atoms with Crippen LogP contribution in [0.5, 0.6) is 10.9 Å². The molecule has 0 unspecified atom stereocenters. The number of hydrogen-bond acceptors (Lipinski definition) is 4. The minimum absolute atomic E-state index is 0.0560. The molecule has 1 heterocycles. The maximum Gasteiger partial charge on any atom is 0.307 e. The Kier molecular flexibility index (Phi) is 3.62. The van der Waals surface area contributed by atoms with Crippen molar-refractivity contribution >= 4 is 17.3 Å². The van der Waals surface area contributed by atoms with E-state index >= 15 is 0 Å². The van der Waals surface area contributed by atoms with E-state index in [-0.39, 0.29) is 6.42 Å². The van der Waals surface area contributed by atoms with Crippen LogP contribution in [0.25, 0.3) is 0 Å². The first-order valence-corrected chi connectivity index (χ1v) is 6.29. The van der Waals surface area contributed by atoms with Crippen molar-refractivity contribution < 1.29 is 14.6 Å². The van der Waals surface area contributed by atoms with Gasteiger partial charge in [-0.05, 0) is 19.9 Å². The van der Waals surface area contributed by atoms with Gasteiger partial charge in [0.2, 0.25) is 0 Å². The smallest absolute Gasteiger partial charge is 0.307 e. The number of carboxylic acid groups (broad SMARTS) is 1. The highest BCUT2D eigenvalue weighted by Crippen LogP contribution is 2.30. The van der Waals surface area contributed by atoms with E-state index in [0.717, 1.165) is 10.6 Å². The second-order valence-electron chi connectivity index (χ2n) is 3.90. The zero-order valence-corrected chi connectivity index (χ0v) is 11.0. The van der Waals surface area contributed by atoms with Crippen molar-refractivity contribution in [1.29, 1.82) is 0 Å². The number of aromatic nitrogens is 1. The normalized spacial score (nSPS) is 10.3. The molecule has 0 bridgehead atoms. The molecule has 0 atom stereocenters. The van der Waals surface area contributed by atoms with Crippen LogP contribution in [0.3, 0.4) is 0 Å². The third-order valence-corrected chi connectivity index (χ3v) is 3.47. The van der Waals surface area contributed by atoms with E-state index in [9.17, 15) is 4.79 Å². The summed E-state index contributed by atoms with van der Waals surface area (Å²) in [5.41, 5.74) is 1.58. The molecule has 0 spiro atoms. The quantitative estimate of drug-likeness (QED) is 0.920. The molecular formula is C13H13NO3S. The van der Waals surface area contributed by atoms with E-state index in [2.05, 4.69) is 4.98 Å². The molecule has 0 aliphatic carbocycles. The lowest BCUT2D eigenvalue weighted by molar-refractivity contribution is -0.136. The number of benzene rings is 1. The van der Waals surface area contributed by atoms with Crippen LogP contribution in [-0.4, -0.2) is 16.1 Å². The van der Waals surface area contributed by atoms with Crippen molar-refractivity contribution in [3.05, 3.63) is 40.4 Å². The van der Waals surface area contributed by atoms with Gasteiger partial charge in [0, 0.05) is 10.4 Å². The zero-order valence-electron chi connectivity index (χ0n) is 10.1. The Morgan fingerprint density at radius 3 is 2.72 bits per heavy atom. The van der Waals surface area contributed by atoms with E-state index in [4.69, 9.17) is 9.84 Å². The van der Waals surface area contributed by atoms with E-state index in [1.165, 1.54) is 11.3 Å². The van der Waals surface area contributed by atoms with E-state index in [1.807, 2.05) is 19.9 Å². The van der Waals surface area contributed by atoms with Gasteiger partial charge < -0.3 is 9.84 Å². The number of aliphatic carboxylic acids is 1. The molecule has 0 radical (unpaired) electrons. The third-order valence-electron chi connectivity index (χ3n) is 2.52. The van der Waals surface area contributed by atoms with Gasteiger partial charge in [-0.1, -0.05) is 29.5 Å². The largest absolute Gasteiger partial charge is 0.481 e. The third kappa shape index (κ3) is 2.87. The van der Waals surface area contributed by atoms with Gasteiger partial charge in [0.15, 0.2) is 0 Å². The summed E-state index contributed by atoms with van der Waals surface area (Å²) in [7, 11) is 0. The van der Waals surface area contributed by atoms with Gasteiger partial charge in [-0.2, -0.15) is 0 Å². The van der Waals surface area contributed by atoms with Crippen molar-refractivity contribution in [3.8, 4) is 10.9 Å². The van der Waals surface area contributed by atoms with Gasteiger partial charge in [-0.25, -0.2) is 4.98 Å². The highest BCUT2D eigenvalue weighted by molar-refractivity contribution is 7.13. The fourth-order valence-corrected chi connectivity index (χ4v) is 2.26. The topological polar surface area (TPSA) is 59.4 Å². The number of nitrogens with zero attached hydrogens (tertiary/aromatic N) is 1. The van der Waals surface area contributed by atoms with Crippen LogP contribution in [0.2, 0.25) is 0 Å². The average Bonchev–Trinajstić information content (AvgIpc) is 2.60. The van der Waals surface area contributed by atoms with Crippen molar-refractivity contribution in [2.24, 2.45) is 0 Å².